The van der Waals surface area contributed by atoms with Crippen LogP contribution in [0.25, 0.3) is 11.0 Å². The van der Waals surface area contributed by atoms with Gasteiger partial charge in [0.2, 0.25) is 0 Å². The Bertz CT molecular complexity index is 659. The van der Waals surface area contributed by atoms with Crippen LogP contribution < -0.4 is 0 Å². The summed E-state index contributed by atoms with van der Waals surface area (Å²) in [5.41, 5.74) is 1.92. The molecule has 0 amide bonds. The predicted octanol–water partition coefficient (Wildman–Crippen LogP) is 6.39. The Morgan fingerprint density at radius 1 is 1.29 bits per heavy atom. The molecule has 0 radical (unpaired) electrons. The minimum absolute atomic E-state index is 0.136. The molecule has 2 nitrogen and oxygen atoms in total. The van der Waals surface area contributed by atoms with Crippen molar-refractivity contribution in [1.82, 2.24) is 9.55 Å². The molecule has 1 fully saturated rings. The summed E-state index contributed by atoms with van der Waals surface area (Å²) in [5.74, 6) is 1.77. The summed E-state index contributed by atoms with van der Waals surface area (Å²) in [6.45, 7) is 4.19. The molecule has 2 aromatic rings. The van der Waals surface area contributed by atoms with Gasteiger partial charge in [0.15, 0.2) is 0 Å². The van der Waals surface area contributed by atoms with Crippen LogP contribution in [-0.2, 0) is 0 Å². The topological polar surface area (TPSA) is 17.8 Å². The van der Waals surface area contributed by atoms with Crippen LogP contribution in [0.2, 0.25) is 10.0 Å². The van der Waals surface area contributed by atoms with Crippen molar-refractivity contribution in [1.29, 1.82) is 0 Å². The van der Waals surface area contributed by atoms with Crippen molar-refractivity contribution in [2.24, 2.45) is 5.92 Å². The molecule has 0 bridgehead atoms. The first kappa shape index (κ1) is 15.5. The van der Waals surface area contributed by atoms with E-state index >= 15 is 0 Å². The third-order valence-electron chi connectivity index (χ3n) is 4.25. The summed E-state index contributed by atoms with van der Waals surface area (Å²) in [4.78, 5) is 4.70. The summed E-state index contributed by atoms with van der Waals surface area (Å²) in [6.07, 6.45) is 4.96. The highest BCUT2D eigenvalue weighted by atomic mass is 35.5. The molecule has 3 rings (SSSR count). The Balaban J connectivity index is 2.16. The number of fused-ring (bicyclic) bond motifs is 1. The molecule has 114 valence electrons. The van der Waals surface area contributed by atoms with Gasteiger partial charge in [-0.3, -0.25) is 0 Å². The van der Waals surface area contributed by atoms with E-state index in [4.69, 9.17) is 39.8 Å². The van der Waals surface area contributed by atoms with E-state index in [1.807, 2.05) is 19.1 Å². The lowest BCUT2D eigenvalue weighted by Gasteiger charge is -2.21. The normalized spacial score (nSPS) is 18.1. The average molecular weight is 346 g/mol. The van der Waals surface area contributed by atoms with Gasteiger partial charge in [0.05, 0.1) is 26.5 Å². The van der Waals surface area contributed by atoms with Crippen LogP contribution in [0, 0.1) is 5.92 Å². The van der Waals surface area contributed by atoms with Gasteiger partial charge < -0.3 is 4.57 Å². The summed E-state index contributed by atoms with van der Waals surface area (Å²) >= 11 is 18.7. The van der Waals surface area contributed by atoms with Gasteiger partial charge in [0, 0.05) is 6.04 Å². The van der Waals surface area contributed by atoms with E-state index in [1.54, 1.807) is 0 Å². The van der Waals surface area contributed by atoms with Crippen molar-refractivity contribution in [2.75, 3.05) is 0 Å². The van der Waals surface area contributed by atoms with E-state index in [0.29, 0.717) is 16.1 Å². The second kappa shape index (κ2) is 5.98. The standard InChI is InChI=1S/C16H19Cl3N2/c1-3-11(6-10-4-5-10)21-15-8-13(19)12(18)7-14(15)20-16(21)9(2)17/h7-11H,3-6H2,1-2H3. The van der Waals surface area contributed by atoms with Crippen molar-refractivity contribution < 1.29 is 0 Å². The van der Waals surface area contributed by atoms with Crippen molar-refractivity contribution >= 4 is 45.8 Å². The number of hydrogen-bond donors (Lipinski definition) is 0. The fraction of sp³-hybridized carbons (Fsp3) is 0.562. The molecule has 1 heterocycles. The predicted molar refractivity (Wildman–Crippen MR) is 90.7 cm³/mol. The molecule has 1 aromatic heterocycles. The highest BCUT2D eigenvalue weighted by Gasteiger charge is 2.28. The maximum Gasteiger partial charge on any atom is 0.127 e. The van der Waals surface area contributed by atoms with Crippen LogP contribution in [0.15, 0.2) is 12.1 Å². The molecule has 1 saturated carbocycles. The monoisotopic (exact) mass is 344 g/mol. The van der Waals surface area contributed by atoms with Gasteiger partial charge in [-0.25, -0.2) is 4.98 Å². The molecular weight excluding hydrogens is 327 g/mol. The molecular formula is C16H19Cl3N2. The molecule has 1 aliphatic carbocycles. The first-order valence-electron chi connectivity index (χ1n) is 7.52. The molecule has 0 spiro atoms. The number of nitrogens with zero attached hydrogens (tertiary/aromatic N) is 2. The smallest absolute Gasteiger partial charge is 0.127 e. The molecule has 5 heteroatoms. The highest BCUT2D eigenvalue weighted by molar-refractivity contribution is 6.42. The molecule has 0 saturated heterocycles. The second-order valence-corrected chi connectivity index (χ2v) is 7.42. The summed E-state index contributed by atoms with van der Waals surface area (Å²) in [6, 6.07) is 4.18. The number of aromatic nitrogens is 2. The zero-order chi connectivity index (χ0) is 15.1. The number of rotatable bonds is 5. The number of halogens is 3. The van der Waals surface area contributed by atoms with E-state index in [1.165, 1.54) is 19.3 Å². The second-order valence-electron chi connectivity index (χ2n) is 5.95. The zero-order valence-electron chi connectivity index (χ0n) is 12.2. The zero-order valence-corrected chi connectivity index (χ0v) is 14.5. The van der Waals surface area contributed by atoms with Gasteiger partial charge in [-0.1, -0.05) is 43.0 Å². The van der Waals surface area contributed by atoms with Crippen LogP contribution in [0.4, 0.5) is 0 Å². The number of imidazole rings is 1. The molecule has 0 aliphatic heterocycles. The van der Waals surface area contributed by atoms with E-state index < -0.39 is 0 Å². The van der Waals surface area contributed by atoms with Crippen LogP contribution >= 0.6 is 34.8 Å². The quantitative estimate of drug-likeness (QED) is 0.574. The Morgan fingerprint density at radius 2 is 1.95 bits per heavy atom. The molecule has 0 N–H and O–H groups in total. The van der Waals surface area contributed by atoms with Gasteiger partial charge >= 0.3 is 0 Å². The van der Waals surface area contributed by atoms with Gasteiger partial charge in [-0.15, -0.1) is 11.6 Å². The maximum atomic E-state index is 6.36. The minimum Gasteiger partial charge on any atom is -0.324 e. The van der Waals surface area contributed by atoms with Gasteiger partial charge in [0.25, 0.3) is 0 Å². The van der Waals surface area contributed by atoms with Gasteiger partial charge in [-0.2, -0.15) is 0 Å². The van der Waals surface area contributed by atoms with E-state index in [9.17, 15) is 0 Å². The Labute approximate surface area is 140 Å². The summed E-state index contributed by atoms with van der Waals surface area (Å²) < 4.78 is 2.29. The highest BCUT2D eigenvalue weighted by Crippen LogP contribution is 2.41. The molecule has 1 aliphatic rings. The third kappa shape index (κ3) is 3.04. The summed E-state index contributed by atoms with van der Waals surface area (Å²) in [5, 5.41) is 0.974. The van der Waals surface area contributed by atoms with Crippen molar-refractivity contribution in [3.05, 3.63) is 28.0 Å². The largest absolute Gasteiger partial charge is 0.324 e. The van der Waals surface area contributed by atoms with E-state index in [2.05, 4.69) is 11.5 Å². The van der Waals surface area contributed by atoms with Crippen molar-refractivity contribution in [3.8, 4) is 0 Å². The number of alkyl halides is 1. The first-order chi connectivity index (χ1) is 10.0. The minimum atomic E-state index is -0.136. The SMILES string of the molecule is CCC(CC1CC1)n1c(C(C)Cl)nc2cc(Cl)c(Cl)cc21. The molecule has 2 unspecified atom stereocenters. The van der Waals surface area contributed by atoms with E-state index in [0.717, 1.165) is 29.2 Å². The fourth-order valence-electron chi connectivity index (χ4n) is 2.97. The Hall–Kier alpha value is -0.440. The number of benzene rings is 1. The Morgan fingerprint density at radius 3 is 2.52 bits per heavy atom. The lowest BCUT2D eigenvalue weighted by atomic mass is 10.1. The lowest BCUT2D eigenvalue weighted by molar-refractivity contribution is 0.425. The van der Waals surface area contributed by atoms with E-state index in [-0.39, 0.29) is 5.38 Å². The molecule has 2 atom stereocenters. The third-order valence-corrected chi connectivity index (χ3v) is 5.17. The van der Waals surface area contributed by atoms with Gasteiger partial charge in [0.1, 0.15) is 5.82 Å². The van der Waals surface area contributed by atoms with Crippen molar-refractivity contribution in [3.63, 3.8) is 0 Å². The van der Waals surface area contributed by atoms with Gasteiger partial charge in [-0.05, 0) is 37.8 Å². The summed E-state index contributed by atoms with van der Waals surface area (Å²) in [7, 11) is 0. The fourth-order valence-corrected chi connectivity index (χ4v) is 3.44. The van der Waals surface area contributed by atoms with Crippen LogP contribution in [0.1, 0.15) is 56.8 Å². The van der Waals surface area contributed by atoms with Crippen LogP contribution in [0.5, 0.6) is 0 Å². The van der Waals surface area contributed by atoms with Crippen molar-refractivity contribution in [2.45, 2.75) is 50.9 Å². The molecule has 21 heavy (non-hydrogen) atoms. The van der Waals surface area contributed by atoms with Crippen LogP contribution in [0.3, 0.4) is 0 Å². The van der Waals surface area contributed by atoms with Crippen LogP contribution in [-0.4, -0.2) is 9.55 Å². The lowest BCUT2D eigenvalue weighted by Crippen LogP contribution is -2.13. The maximum absolute atomic E-state index is 6.36. The molecule has 1 aromatic carbocycles. The average Bonchev–Trinajstić information content (AvgIpc) is 3.18. The first-order valence-corrected chi connectivity index (χ1v) is 8.71. The number of hydrogen-bond acceptors (Lipinski definition) is 1. The Kier molecular flexibility index (Phi) is 4.40.